The number of fused-ring (bicyclic) bond motifs is 2. The standard InChI is InChI=1S/C31H26ClN3O6S2/c1-3-41-22-14-17(6-13-21(22)36)24-25-26(29(39)35(28(25)38)20-11-7-18(32)8-12-20)42-30-27(24)43-31(40)34(30)15-23(37)33-19-9-4-16(2)5-10-19/h4-14,24-26,36H,3,15H2,1-2H3,(H,33,37). The van der Waals surface area contributed by atoms with Crippen molar-refractivity contribution in [3.05, 3.63) is 97.4 Å². The average molecular weight is 636 g/mol. The fourth-order valence-electron chi connectivity index (χ4n) is 5.44. The molecule has 3 heterocycles. The zero-order valence-corrected chi connectivity index (χ0v) is 25.5. The Morgan fingerprint density at radius 2 is 1.74 bits per heavy atom. The first-order valence-electron chi connectivity index (χ1n) is 13.5. The molecule has 6 rings (SSSR count). The first-order chi connectivity index (χ1) is 20.7. The van der Waals surface area contributed by atoms with Crippen molar-refractivity contribution < 1.29 is 24.2 Å². The van der Waals surface area contributed by atoms with Crippen LogP contribution in [0, 0.1) is 12.8 Å². The number of carbonyl (C=O) groups is 3. The highest BCUT2D eigenvalue weighted by Gasteiger charge is 2.57. The van der Waals surface area contributed by atoms with Gasteiger partial charge in [0.05, 0.1) is 23.2 Å². The van der Waals surface area contributed by atoms with Crippen molar-refractivity contribution in [2.45, 2.75) is 36.6 Å². The molecular weight excluding hydrogens is 610 g/mol. The van der Waals surface area contributed by atoms with E-state index in [1.807, 2.05) is 19.1 Å². The fourth-order valence-corrected chi connectivity index (χ4v) is 8.33. The van der Waals surface area contributed by atoms with E-state index in [4.69, 9.17) is 16.3 Å². The first-order valence-corrected chi connectivity index (χ1v) is 15.6. The molecule has 3 atom stereocenters. The Morgan fingerprint density at radius 3 is 2.44 bits per heavy atom. The predicted molar refractivity (Wildman–Crippen MR) is 167 cm³/mol. The summed E-state index contributed by atoms with van der Waals surface area (Å²) in [4.78, 5) is 55.7. The molecule has 1 saturated heterocycles. The zero-order valence-electron chi connectivity index (χ0n) is 23.1. The number of nitrogens with one attached hydrogen (secondary N) is 1. The van der Waals surface area contributed by atoms with Crippen molar-refractivity contribution in [1.82, 2.24) is 4.57 Å². The van der Waals surface area contributed by atoms with E-state index in [1.165, 1.54) is 15.5 Å². The zero-order chi connectivity index (χ0) is 30.4. The van der Waals surface area contributed by atoms with Gasteiger partial charge in [0.2, 0.25) is 17.7 Å². The van der Waals surface area contributed by atoms with Gasteiger partial charge in [-0.1, -0.05) is 58.5 Å². The van der Waals surface area contributed by atoms with Gasteiger partial charge in [0.15, 0.2) is 11.5 Å². The molecule has 0 bridgehead atoms. The third kappa shape index (κ3) is 5.32. The Kier molecular flexibility index (Phi) is 7.80. The third-order valence-electron chi connectivity index (χ3n) is 7.41. The van der Waals surface area contributed by atoms with Crippen LogP contribution in [0.25, 0.3) is 0 Å². The number of carbonyl (C=O) groups excluding carboxylic acids is 3. The molecular formula is C31H26ClN3O6S2. The summed E-state index contributed by atoms with van der Waals surface area (Å²) in [6.45, 7) is 3.77. The summed E-state index contributed by atoms with van der Waals surface area (Å²) in [5, 5.41) is 13.3. The van der Waals surface area contributed by atoms with E-state index >= 15 is 0 Å². The normalized spacial score (nSPS) is 19.2. The van der Waals surface area contributed by atoms with Crippen LogP contribution in [-0.2, 0) is 20.9 Å². The SMILES string of the molecule is CCOc1cc(C2c3sc(=O)n(CC(=O)Nc4ccc(C)cc4)c3SC3C(=O)N(c4ccc(Cl)cc4)C(=O)C32)ccc1O. The maximum Gasteiger partial charge on any atom is 0.308 e. The third-order valence-corrected chi connectivity index (χ3v) is 10.3. The highest BCUT2D eigenvalue weighted by atomic mass is 35.5. The Bertz CT molecular complexity index is 1800. The molecule has 220 valence electrons. The number of benzene rings is 3. The lowest BCUT2D eigenvalue weighted by molar-refractivity contribution is -0.122. The summed E-state index contributed by atoms with van der Waals surface area (Å²) >= 11 is 8.14. The van der Waals surface area contributed by atoms with Crippen molar-refractivity contribution >= 4 is 63.8 Å². The summed E-state index contributed by atoms with van der Waals surface area (Å²) in [5.41, 5.74) is 2.64. The molecule has 0 spiro atoms. The molecule has 3 unspecified atom stereocenters. The average Bonchev–Trinajstić information content (AvgIpc) is 3.42. The molecule has 1 fully saturated rings. The van der Waals surface area contributed by atoms with Gasteiger partial charge in [0, 0.05) is 21.5 Å². The number of thioether (sulfide) groups is 1. The Morgan fingerprint density at radius 1 is 1.02 bits per heavy atom. The maximum atomic E-state index is 14.0. The van der Waals surface area contributed by atoms with Crippen molar-refractivity contribution in [2.24, 2.45) is 5.92 Å². The van der Waals surface area contributed by atoms with Gasteiger partial charge in [-0.05, 0) is 67.9 Å². The van der Waals surface area contributed by atoms with Crippen LogP contribution in [0.15, 0.2) is 76.6 Å². The van der Waals surface area contributed by atoms with Crippen LogP contribution in [-0.4, -0.2) is 39.3 Å². The number of phenols is 1. The van der Waals surface area contributed by atoms with Crippen LogP contribution in [0.1, 0.15) is 28.8 Å². The number of aryl methyl sites for hydroxylation is 1. The molecule has 12 heteroatoms. The minimum atomic E-state index is -0.856. The van der Waals surface area contributed by atoms with Gasteiger partial charge in [0.1, 0.15) is 11.8 Å². The Balaban J connectivity index is 1.43. The van der Waals surface area contributed by atoms with Gasteiger partial charge < -0.3 is 15.2 Å². The van der Waals surface area contributed by atoms with E-state index in [0.29, 0.717) is 38.5 Å². The molecule has 2 aliphatic heterocycles. The predicted octanol–water partition coefficient (Wildman–Crippen LogP) is 5.41. The van der Waals surface area contributed by atoms with Gasteiger partial charge in [-0.15, -0.1) is 0 Å². The lowest BCUT2D eigenvalue weighted by Gasteiger charge is -2.31. The molecule has 2 aliphatic rings. The molecule has 4 aromatic rings. The summed E-state index contributed by atoms with van der Waals surface area (Å²) in [6, 6.07) is 18.5. The highest BCUT2D eigenvalue weighted by Crippen LogP contribution is 2.54. The molecule has 3 amide bonds. The topological polar surface area (TPSA) is 118 Å². The minimum absolute atomic E-state index is 0.0669. The number of halogens is 1. The Labute approximate surface area is 260 Å². The lowest BCUT2D eigenvalue weighted by Crippen LogP contribution is -2.33. The largest absolute Gasteiger partial charge is 0.504 e. The molecule has 1 aromatic heterocycles. The minimum Gasteiger partial charge on any atom is -0.504 e. The number of thiazole rings is 1. The number of imide groups is 1. The Hall–Kier alpha value is -4.06. The van der Waals surface area contributed by atoms with Crippen molar-refractivity contribution in [3.63, 3.8) is 0 Å². The van der Waals surface area contributed by atoms with E-state index in [-0.39, 0.29) is 22.9 Å². The van der Waals surface area contributed by atoms with Gasteiger partial charge >= 0.3 is 4.87 Å². The lowest BCUT2D eigenvalue weighted by atomic mass is 9.83. The summed E-state index contributed by atoms with van der Waals surface area (Å²) in [6.07, 6.45) is 0. The molecule has 2 N–H and O–H groups in total. The number of rotatable bonds is 7. The number of hydrogen-bond acceptors (Lipinski definition) is 8. The van der Waals surface area contributed by atoms with Crippen LogP contribution in [0.2, 0.25) is 5.02 Å². The monoisotopic (exact) mass is 635 g/mol. The van der Waals surface area contributed by atoms with Gasteiger partial charge in [0.25, 0.3) is 0 Å². The van der Waals surface area contributed by atoms with Gasteiger partial charge in [-0.2, -0.15) is 0 Å². The number of aromatic hydroxyl groups is 1. The number of ether oxygens (including phenoxy) is 1. The van der Waals surface area contributed by atoms with E-state index in [1.54, 1.807) is 55.5 Å². The second-order valence-corrected chi connectivity index (χ2v) is 12.8. The summed E-state index contributed by atoms with van der Waals surface area (Å²) in [7, 11) is 0. The fraction of sp³-hybridized carbons (Fsp3) is 0.226. The van der Waals surface area contributed by atoms with Gasteiger partial charge in [-0.25, -0.2) is 4.90 Å². The molecule has 0 aliphatic carbocycles. The molecule has 0 saturated carbocycles. The van der Waals surface area contributed by atoms with Crippen LogP contribution in [0.5, 0.6) is 11.5 Å². The summed E-state index contributed by atoms with van der Waals surface area (Å²) in [5.74, 6) is -2.60. The van der Waals surface area contributed by atoms with Crippen molar-refractivity contribution in [2.75, 3.05) is 16.8 Å². The van der Waals surface area contributed by atoms with E-state index < -0.39 is 34.8 Å². The van der Waals surface area contributed by atoms with Crippen LogP contribution < -0.4 is 19.8 Å². The number of phenolic OH excluding ortho intramolecular Hbond substituents is 1. The molecule has 43 heavy (non-hydrogen) atoms. The molecule has 3 aromatic carbocycles. The number of hydrogen-bond donors (Lipinski definition) is 2. The highest BCUT2D eigenvalue weighted by molar-refractivity contribution is 8.00. The maximum absolute atomic E-state index is 14.0. The van der Waals surface area contributed by atoms with Gasteiger partial charge in [-0.3, -0.25) is 23.7 Å². The van der Waals surface area contributed by atoms with E-state index in [0.717, 1.165) is 28.7 Å². The molecule has 0 radical (unpaired) electrons. The first kappa shape index (κ1) is 29.0. The van der Waals surface area contributed by atoms with Crippen LogP contribution in [0.4, 0.5) is 11.4 Å². The number of aromatic nitrogens is 1. The second-order valence-electron chi connectivity index (χ2n) is 10.2. The second kappa shape index (κ2) is 11.6. The number of anilines is 2. The summed E-state index contributed by atoms with van der Waals surface area (Å²) < 4.78 is 6.98. The number of nitrogens with zero attached hydrogens (tertiary/aromatic N) is 2. The van der Waals surface area contributed by atoms with Crippen molar-refractivity contribution in [1.29, 1.82) is 0 Å². The smallest absolute Gasteiger partial charge is 0.308 e. The van der Waals surface area contributed by atoms with E-state index in [2.05, 4.69) is 5.32 Å². The van der Waals surface area contributed by atoms with Crippen LogP contribution >= 0.6 is 34.7 Å². The number of amides is 3. The van der Waals surface area contributed by atoms with Crippen LogP contribution in [0.3, 0.4) is 0 Å². The quantitative estimate of drug-likeness (QED) is 0.261. The van der Waals surface area contributed by atoms with Crippen molar-refractivity contribution in [3.8, 4) is 11.5 Å². The van der Waals surface area contributed by atoms with E-state index in [9.17, 15) is 24.3 Å². The molecule has 9 nitrogen and oxygen atoms in total.